The molecule has 2 rings (SSSR count). The Morgan fingerprint density at radius 3 is 2.80 bits per heavy atom. The number of hydrogen-bond donors (Lipinski definition) is 1. The lowest BCUT2D eigenvalue weighted by Gasteiger charge is -2.27. The first-order valence-corrected chi connectivity index (χ1v) is 7.73. The van der Waals surface area contributed by atoms with Gasteiger partial charge in [0.25, 0.3) is 0 Å². The van der Waals surface area contributed by atoms with Crippen LogP contribution in [-0.4, -0.2) is 25.4 Å². The van der Waals surface area contributed by atoms with E-state index in [9.17, 15) is 0 Å². The van der Waals surface area contributed by atoms with E-state index in [1.54, 1.807) is 0 Å². The van der Waals surface area contributed by atoms with Crippen LogP contribution in [0.5, 0.6) is 5.75 Å². The van der Waals surface area contributed by atoms with Crippen molar-refractivity contribution in [2.45, 2.75) is 52.4 Å². The zero-order valence-corrected chi connectivity index (χ0v) is 13.1. The molecule has 20 heavy (non-hydrogen) atoms. The van der Waals surface area contributed by atoms with Gasteiger partial charge < -0.3 is 14.8 Å². The predicted octanol–water partition coefficient (Wildman–Crippen LogP) is 3.55. The maximum Gasteiger partial charge on any atom is 0.120 e. The molecule has 1 aliphatic rings. The summed E-state index contributed by atoms with van der Waals surface area (Å²) in [5.41, 5.74) is 1.30. The lowest BCUT2D eigenvalue weighted by Crippen LogP contribution is -2.31. The first-order chi connectivity index (χ1) is 9.61. The van der Waals surface area contributed by atoms with Crippen molar-refractivity contribution in [3.63, 3.8) is 0 Å². The normalized spacial score (nSPS) is 24.1. The standard InChI is InChI=1S/C17H27NO2/c1-5-18-17(16-9-10-19-13(16)4)14-7-6-8-15(11-14)20-12(2)3/h6-8,11-13,16-18H,5,9-10H2,1-4H3. The summed E-state index contributed by atoms with van der Waals surface area (Å²) >= 11 is 0. The lowest BCUT2D eigenvalue weighted by atomic mass is 9.88. The van der Waals surface area contributed by atoms with Crippen LogP contribution in [0.3, 0.4) is 0 Å². The molecule has 0 aromatic heterocycles. The predicted molar refractivity (Wildman–Crippen MR) is 82.1 cm³/mol. The molecule has 3 atom stereocenters. The van der Waals surface area contributed by atoms with E-state index in [2.05, 4.69) is 51.2 Å². The van der Waals surface area contributed by atoms with Gasteiger partial charge in [0.1, 0.15) is 5.75 Å². The zero-order valence-electron chi connectivity index (χ0n) is 13.1. The summed E-state index contributed by atoms with van der Waals surface area (Å²) in [6.45, 7) is 10.3. The fourth-order valence-corrected chi connectivity index (χ4v) is 2.98. The van der Waals surface area contributed by atoms with Gasteiger partial charge in [-0.15, -0.1) is 0 Å². The van der Waals surface area contributed by atoms with Crippen LogP contribution in [0.2, 0.25) is 0 Å². The molecular formula is C17H27NO2. The Labute approximate surface area is 122 Å². The Hall–Kier alpha value is -1.06. The highest BCUT2D eigenvalue weighted by Crippen LogP contribution is 2.34. The SMILES string of the molecule is CCNC(c1cccc(OC(C)C)c1)C1CCOC1C. The molecule has 1 heterocycles. The van der Waals surface area contributed by atoms with Crippen molar-refractivity contribution in [1.29, 1.82) is 0 Å². The van der Waals surface area contributed by atoms with Crippen molar-refractivity contribution in [1.82, 2.24) is 5.32 Å². The molecule has 112 valence electrons. The lowest BCUT2D eigenvalue weighted by molar-refractivity contribution is 0.0955. The third kappa shape index (κ3) is 3.74. The minimum absolute atomic E-state index is 0.205. The maximum absolute atomic E-state index is 5.81. The molecule has 0 saturated carbocycles. The summed E-state index contributed by atoms with van der Waals surface area (Å²) in [5.74, 6) is 1.48. The van der Waals surface area contributed by atoms with Crippen molar-refractivity contribution < 1.29 is 9.47 Å². The monoisotopic (exact) mass is 277 g/mol. The molecular weight excluding hydrogens is 250 g/mol. The van der Waals surface area contributed by atoms with Crippen LogP contribution in [0.4, 0.5) is 0 Å². The molecule has 3 heteroatoms. The van der Waals surface area contributed by atoms with E-state index in [0.29, 0.717) is 18.1 Å². The first kappa shape index (κ1) is 15.3. The Balaban J connectivity index is 2.20. The number of rotatable bonds is 6. The Morgan fingerprint density at radius 1 is 1.40 bits per heavy atom. The molecule has 1 N–H and O–H groups in total. The van der Waals surface area contributed by atoms with Gasteiger partial charge in [0.2, 0.25) is 0 Å². The summed E-state index contributed by atoms with van der Waals surface area (Å²) in [6.07, 6.45) is 1.64. The van der Waals surface area contributed by atoms with Crippen LogP contribution in [0.25, 0.3) is 0 Å². The van der Waals surface area contributed by atoms with E-state index in [4.69, 9.17) is 9.47 Å². The Kier molecular flexibility index (Phi) is 5.44. The highest BCUT2D eigenvalue weighted by molar-refractivity contribution is 5.31. The molecule has 1 saturated heterocycles. The Bertz CT molecular complexity index is 419. The molecule has 0 radical (unpaired) electrons. The van der Waals surface area contributed by atoms with Crippen LogP contribution in [0.15, 0.2) is 24.3 Å². The number of hydrogen-bond acceptors (Lipinski definition) is 3. The van der Waals surface area contributed by atoms with Gasteiger partial charge in [-0.3, -0.25) is 0 Å². The van der Waals surface area contributed by atoms with Gasteiger partial charge in [-0.2, -0.15) is 0 Å². The van der Waals surface area contributed by atoms with Crippen molar-refractivity contribution in [3.05, 3.63) is 29.8 Å². The van der Waals surface area contributed by atoms with Crippen molar-refractivity contribution >= 4 is 0 Å². The van der Waals surface area contributed by atoms with Crippen molar-refractivity contribution in [2.24, 2.45) is 5.92 Å². The van der Waals surface area contributed by atoms with Gasteiger partial charge in [0, 0.05) is 18.6 Å². The van der Waals surface area contributed by atoms with Crippen LogP contribution in [0.1, 0.15) is 45.7 Å². The van der Waals surface area contributed by atoms with E-state index >= 15 is 0 Å². The summed E-state index contributed by atoms with van der Waals surface area (Å²) in [7, 11) is 0. The van der Waals surface area contributed by atoms with E-state index in [0.717, 1.165) is 25.3 Å². The van der Waals surface area contributed by atoms with Crippen LogP contribution in [-0.2, 0) is 4.74 Å². The topological polar surface area (TPSA) is 30.5 Å². The molecule has 0 amide bonds. The molecule has 1 aliphatic heterocycles. The van der Waals surface area contributed by atoms with E-state index in [1.165, 1.54) is 5.56 Å². The molecule has 0 spiro atoms. The molecule has 0 bridgehead atoms. The average molecular weight is 277 g/mol. The number of nitrogens with one attached hydrogen (secondary N) is 1. The fraction of sp³-hybridized carbons (Fsp3) is 0.647. The van der Waals surface area contributed by atoms with Crippen LogP contribution < -0.4 is 10.1 Å². The van der Waals surface area contributed by atoms with Gasteiger partial charge in [0.05, 0.1) is 12.2 Å². The van der Waals surface area contributed by atoms with Crippen LogP contribution >= 0.6 is 0 Å². The molecule has 3 unspecified atom stereocenters. The smallest absolute Gasteiger partial charge is 0.120 e. The highest BCUT2D eigenvalue weighted by Gasteiger charge is 2.32. The van der Waals surface area contributed by atoms with E-state index in [-0.39, 0.29) is 6.10 Å². The largest absolute Gasteiger partial charge is 0.491 e. The van der Waals surface area contributed by atoms with Gasteiger partial charge in [-0.25, -0.2) is 0 Å². The molecule has 1 fully saturated rings. The molecule has 3 nitrogen and oxygen atoms in total. The summed E-state index contributed by atoms with van der Waals surface area (Å²) in [6, 6.07) is 8.80. The van der Waals surface area contributed by atoms with Gasteiger partial charge in [-0.1, -0.05) is 19.1 Å². The third-order valence-corrected chi connectivity index (χ3v) is 3.88. The molecule has 0 aliphatic carbocycles. The average Bonchev–Trinajstić information content (AvgIpc) is 2.81. The maximum atomic E-state index is 5.81. The van der Waals surface area contributed by atoms with Gasteiger partial charge in [-0.05, 0) is 51.4 Å². The van der Waals surface area contributed by atoms with Gasteiger partial charge in [0.15, 0.2) is 0 Å². The molecule has 1 aromatic rings. The van der Waals surface area contributed by atoms with Crippen LogP contribution in [0, 0.1) is 5.92 Å². The summed E-state index contributed by atoms with van der Waals surface area (Å²) in [4.78, 5) is 0. The minimum atomic E-state index is 0.205. The van der Waals surface area contributed by atoms with Gasteiger partial charge >= 0.3 is 0 Å². The zero-order chi connectivity index (χ0) is 14.5. The number of ether oxygens (including phenoxy) is 2. The quantitative estimate of drug-likeness (QED) is 0.862. The molecule has 1 aromatic carbocycles. The Morgan fingerprint density at radius 2 is 2.20 bits per heavy atom. The third-order valence-electron chi connectivity index (χ3n) is 3.88. The minimum Gasteiger partial charge on any atom is -0.491 e. The second-order valence-electron chi connectivity index (χ2n) is 5.80. The number of benzene rings is 1. The first-order valence-electron chi connectivity index (χ1n) is 7.73. The second-order valence-corrected chi connectivity index (χ2v) is 5.80. The summed E-state index contributed by atoms with van der Waals surface area (Å²) < 4.78 is 11.6. The highest BCUT2D eigenvalue weighted by atomic mass is 16.5. The summed E-state index contributed by atoms with van der Waals surface area (Å²) in [5, 5.41) is 3.62. The van der Waals surface area contributed by atoms with Crippen molar-refractivity contribution in [2.75, 3.05) is 13.2 Å². The van der Waals surface area contributed by atoms with E-state index in [1.807, 2.05) is 6.07 Å². The fourth-order valence-electron chi connectivity index (χ4n) is 2.98. The van der Waals surface area contributed by atoms with Crippen molar-refractivity contribution in [3.8, 4) is 5.75 Å². The second kappa shape index (κ2) is 7.09. The van der Waals surface area contributed by atoms with E-state index < -0.39 is 0 Å².